The van der Waals surface area contributed by atoms with Crippen LogP contribution in [0.25, 0.3) is 0 Å². The maximum atomic E-state index is 14.0. The van der Waals surface area contributed by atoms with E-state index in [-0.39, 0.29) is 68.1 Å². The summed E-state index contributed by atoms with van der Waals surface area (Å²) in [7, 11) is 0. The Hall–Kier alpha value is -4.70. The van der Waals surface area contributed by atoms with Crippen LogP contribution in [-0.4, -0.2) is 59.6 Å². The van der Waals surface area contributed by atoms with Crippen LogP contribution in [0.5, 0.6) is 5.75 Å². The van der Waals surface area contributed by atoms with Gasteiger partial charge in [0.1, 0.15) is 5.75 Å². The molecule has 5 aliphatic rings. The van der Waals surface area contributed by atoms with Gasteiger partial charge < -0.3 is 30.9 Å². The fourth-order valence-electron chi connectivity index (χ4n) is 14.2. The third kappa shape index (κ3) is 8.84. The number of alkyl carbamates (subject to hydrolysis) is 1. The lowest BCUT2D eigenvalue weighted by Gasteiger charge is -2.61. The highest BCUT2D eigenvalue weighted by molar-refractivity contribution is 6.31. The second-order valence-electron chi connectivity index (χ2n) is 22.6. The predicted octanol–water partition coefficient (Wildman–Crippen LogP) is 10.7. The molecule has 0 aliphatic heterocycles. The Kier molecular flexibility index (Phi) is 12.6. The van der Waals surface area contributed by atoms with Crippen molar-refractivity contribution in [3.05, 3.63) is 88.5 Å². The molecular weight excluding hydrogens is 803 g/mol. The molecule has 2 amide bonds. The Morgan fingerprint density at radius 1 is 0.859 bits per heavy atom. The highest BCUT2D eigenvalue weighted by Gasteiger charge is 2.57. The van der Waals surface area contributed by atoms with Gasteiger partial charge in [-0.05, 0) is 140 Å². The maximum Gasteiger partial charge on any atom is 0.407 e. The number of rotatable bonds is 11. The highest BCUT2D eigenvalue weighted by Crippen LogP contribution is 2.64. The highest BCUT2D eigenvalue weighted by atomic mass is 16.5. The zero-order chi connectivity index (χ0) is 45.8. The molecule has 344 valence electrons. The van der Waals surface area contributed by atoms with Crippen LogP contribution >= 0.6 is 0 Å². The van der Waals surface area contributed by atoms with Crippen molar-refractivity contribution < 1.29 is 34.1 Å². The molecular formula is C54H71N3O7. The number of aliphatic hydroxyl groups excluding tert-OH is 1. The molecule has 10 nitrogen and oxygen atoms in total. The molecule has 4 fully saturated rings. The van der Waals surface area contributed by atoms with Crippen LogP contribution < -0.4 is 16.0 Å². The van der Waals surface area contributed by atoms with E-state index >= 15 is 0 Å². The molecule has 0 spiro atoms. The number of ketones is 2. The van der Waals surface area contributed by atoms with E-state index in [0.717, 1.165) is 42.9 Å². The van der Waals surface area contributed by atoms with E-state index in [0.29, 0.717) is 47.8 Å². The van der Waals surface area contributed by atoms with Crippen molar-refractivity contribution in [2.75, 3.05) is 25.1 Å². The number of aromatic hydroxyl groups is 1. The minimum atomic E-state index is -0.872. The Labute approximate surface area is 380 Å². The molecule has 8 rings (SSSR count). The van der Waals surface area contributed by atoms with Crippen molar-refractivity contribution in [1.82, 2.24) is 10.6 Å². The number of fused-ring (bicyclic) bond motifs is 5. The van der Waals surface area contributed by atoms with Gasteiger partial charge in [-0.25, -0.2) is 4.79 Å². The maximum absolute atomic E-state index is 14.0. The summed E-state index contributed by atoms with van der Waals surface area (Å²) in [6.07, 6.45) is 12.1. The summed E-state index contributed by atoms with van der Waals surface area (Å²) in [5.74, 6) is 1.53. The number of hydrogen-bond acceptors (Lipinski definition) is 8. The number of benzene rings is 3. The number of carbonyl (C=O) groups excluding carboxylic acids is 4. The second-order valence-corrected chi connectivity index (χ2v) is 22.6. The average molecular weight is 874 g/mol. The number of phenolic OH excluding ortho intramolecular Hbond substituents is 1. The number of aliphatic hydroxyl groups is 1. The van der Waals surface area contributed by atoms with Crippen LogP contribution in [0.4, 0.5) is 16.2 Å². The number of ether oxygens (including phenoxy) is 1. The normalized spacial score (nSPS) is 31.1. The van der Waals surface area contributed by atoms with Gasteiger partial charge in [-0.1, -0.05) is 91.3 Å². The van der Waals surface area contributed by atoms with Crippen LogP contribution in [0.15, 0.2) is 60.7 Å². The molecule has 5 aliphatic carbocycles. The van der Waals surface area contributed by atoms with Crippen LogP contribution in [0, 0.1) is 51.2 Å². The third-order valence-electron chi connectivity index (χ3n) is 16.8. The molecule has 0 heterocycles. The lowest BCUT2D eigenvalue weighted by atomic mass is 9.44. The molecule has 10 heteroatoms. The Morgan fingerprint density at radius 2 is 1.59 bits per heavy atom. The molecule has 0 radical (unpaired) electrons. The fraction of sp³-hybridized carbons (Fsp3) is 0.593. The van der Waals surface area contributed by atoms with E-state index < -0.39 is 18.3 Å². The van der Waals surface area contributed by atoms with Crippen molar-refractivity contribution in [3.8, 4) is 5.75 Å². The Balaban J connectivity index is 0.886. The van der Waals surface area contributed by atoms with E-state index in [2.05, 4.69) is 64.4 Å². The van der Waals surface area contributed by atoms with Gasteiger partial charge in [0.2, 0.25) is 5.91 Å². The van der Waals surface area contributed by atoms with E-state index in [4.69, 9.17) is 4.74 Å². The first-order chi connectivity index (χ1) is 30.3. The topological polar surface area (TPSA) is 154 Å². The van der Waals surface area contributed by atoms with E-state index in [1.165, 1.54) is 51.0 Å². The fourth-order valence-corrected chi connectivity index (χ4v) is 14.2. The van der Waals surface area contributed by atoms with E-state index in [1.54, 1.807) is 54.6 Å². The minimum Gasteiger partial charge on any atom is -0.507 e. The summed E-state index contributed by atoms with van der Waals surface area (Å²) < 4.78 is 6.15. The van der Waals surface area contributed by atoms with Crippen molar-refractivity contribution in [2.24, 2.45) is 51.2 Å². The Bertz CT molecular complexity index is 2290. The lowest BCUT2D eigenvalue weighted by molar-refractivity contribution is -0.136. The minimum absolute atomic E-state index is 0.0352. The summed E-state index contributed by atoms with van der Waals surface area (Å²) in [6, 6.07) is 16.4. The molecule has 3 aromatic rings. The zero-order valence-corrected chi connectivity index (χ0v) is 39.2. The van der Waals surface area contributed by atoms with Gasteiger partial charge in [-0.3, -0.25) is 14.4 Å². The molecule has 0 aromatic heterocycles. The van der Waals surface area contributed by atoms with E-state index in [1.807, 2.05) is 0 Å². The molecule has 64 heavy (non-hydrogen) atoms. The van der Waals surface area contributed by atoms with Gasteiger partial charge in [0.25, 0.3) is 0 Å². The first-order valence-corrected chi connectivity index (χ1v) is 24.1. The van der Waals surface area contributed by atoms with Crippen LogP contribution in [0.2, 0.25) is 0 Å². The van der Waals surface area contributed by atoms with Crippen LogP contribution in [0.1, 0.15) is 162 Å². The number of hydrogen-bond donors (Lipinski definition) is 5. The molecule has 9 unspecified atom stereocenters. The standard InChI is InChI=1S/C54H71N3O7/c1-32(2)33-16-18-41-35(24-33)17-21-44-53(6,22-11-23-54(41,44)7)31-64-50(63)55-30-52(5)27-37(26-51(3,4)29-52)57-49(62)40(28-58)34-12-10-13-36(25-34)56-42-19-20-43(59)46-45(42)47(60)38-14-8-9-15-39(38)48(46)61/h8-10,12-15,19-20,25,32-33,35,37,40-41,44,56,58-59H,11,16-18,21-24,26-31H2,1-7H3,(H,55,63)(H,57,62). The summed E-state index contributed by atoms with van der Waals surface area (Å²) in [5.41, 5.74) is 1.85. The number of phenols is 1. The summed E-state index contributed by atoms with van der Waals surface area (Å²) >= 11 is 0. The molecule has 4 saturated carbocycles. The number of amides is 2. The summed E-state index contributed by atoms with van der Waals surface area (Å²) in [5, 5.41) is 31.0. The molecule has 3 aromatic carbocycles. The number of nitrogens with one attached hydrogen (secondary N) is 3. The lowest BCUT2D eigenvalue weighted by Crippen LogP contribution is -2.55. The number of carbonyl (C=O) groups is 4. The van der Waals surface area contributed by atoms with Gasteiger partial charge in [0.05, 0.1) is 35.9 Å². The molecule has 5 N–H and O–H groups in total. The van der Waals surface area contributed by atoms with Crippen molar-refractivity contribution in [1.29, 1.82) is 0 Å². The van der Waals surface area contributed by atoms with Gasteiger partial charge >= 0.3 is 6.09 Å². The van der Waals surface area contributed by atoms with Crippen molar-refractivity contribution in [3.63, 3.8) is 0 Å². The average Bonchev–Trinajstić information content (AvgIpc) is 3.24. The number of anilines is 2. The SMILES string of the molecule is CC(C)C1CCC2C(CCC3C(C)(COC(=O)NCC4(C)CC(NC(=O)C(CO)c5cccc(Nc6ccc(O)c7c6C(=O)c6ccccc6C7=O)c5)CC(C)(C)C4)CCCC23C)C1. The molecule has 0 saturated heterocycles. The van der Waals surface area contributed by atoms with Crippen LogP contribution in [-0.2, 0) is 9.53 Å². The molecule has 9 atom stereocenters. The summed E-state index contributed by atoms with van der Waals surface area (Å²) in [6.45, 7) is 16.7. The van der Waals surface area contributed by atoms with Gasteiger partial charge in [-0.15, -0.1) is 0 Å². The van der Waals surface area contributed by atoms with E-state index in [9.17, 15) is 29.4 Å². The van der Waals surface area contributed by atoms with Crippen LogP contribution in [0.3, 0.4) is 0 Å². The Morgan fingerprint density at radius 3 is 2.31 bits per heavy atom. The largest absolute Gasteiger partial charge is 0.507 e. The third-order valence-corrected chi connectivity index (χ3v) is 16.8. The van der Waals surface area contributed by atoms with Crippen molar-refractivity contribution in [2.45, 2.75) is 131 Å². The van der Waals surface area contributed by atoms with Gasteiger partial charge in [-0.2, -0.15) is 0 Å². The zero-order valence-electron chi connectivity index (χ0n) is 39.2. The quantitative estimate of drug-likeness (QED) is 0.0934. The van der Waals surface area contributed by atoms with Gasteiger partial charge in [0.15, 0.2) is 11.6 Å². The first kappa shape index (κ1) is 45.9. The summed E-state index contributed by atoms with van der Waals surface area (Å²) in [4.78, 5) is 54.6. The molecule has 0 bridgehead atoms. The first-order valence-electron chi connectivity index (χ1n) is 24.1. The monoisotopic (exact) mass is 874 g/mol. The van der Waals surface area contributed by atoms with Gasteiger partial charge in [0, 0.05) is 34.8 Å². The van der Waals surface area contributed by atoms with Crippen molar-refractivity contribution >= 4 is 34.9 Å². The smallest absolute Gasteiger partial charge is 0.407 e. The second kappa shape index (κ2) is 17.6. The predicted molar refractivity (Wildman–Crippen MR) is 250 cm³/mol.